The summed E-state index contributed by atoms with van der Waals surface area (Å²) in [4.78, 5) is 18.1. The van der Waals surface area contributed by atoms with Gasteiger partial charge in [0.1, 0.15) is 6.79 Å². The topological polar surface area (TPSA) is 46.5 Å². The van der Waals surface area contributed by atoms with Crippen LogP contribution in [0.5, 0.6) is 0 Å². The van der Waals surface area contributed by atoms with Crippen molar-refractivity contribution in [3.05, 3.63) is 0 Å². The number of ketones is 1. The SMILES string of the molecule is C=O.O=C1C=NSC1. The molecule has 4 heteroatoms. The number of hydrogen-bond acceptors (Lipinski definition) is 4. The van der Waals surface area contributed by atoms with E-state index in [0.717, 1.165) is 0 Å². The van der Waals surface area contributed by atoms with Crippen molar-refractivity contribution in [2.45, 2.75) is 0 Å². The van der Waals surface area contributed by atoms with E-state index in [4.69, 9.17) is 4.79 Å². The van der Waals surface area contributed by atoms with Crippen molar-refractivity contribution in [1.29, 1.82) is 0 Å². The molecule has 0 bridgehead atoms. The van der Waals surface area contributed by atoms with Gasteiger partial charge in [0, 0.05) is 0 Å². The van der Waals surface area contributed by atoms with Crippen LogP contribution >= 0.6 is 11.9 Å². The molecule has 0 atom stereocenters. The first kappa shape index (κ1) is 7.36. The van der Waals surface area contributed by atoms with E-state index in [1.165, 1.54) is 18.2 Å². The zero-order chi connectivity index (χ0) is 6.41. The molecule has 1 heterocycles. The lowest BCUT2D eigenvalue weighted by Crippen LogP contribution is -1.93. The van der Waals surface area contributed by atoms with Crippen molar-refractivity contribution < 1.29 is 9.59 Å². The fourth-order valence-corrected chi connectivity index (χ4v) is 0.703. The molecule has 0 fully saturated rings. The molecule has 1 rings (SSSR count). The highest BCUT2D eigenvalue weighted by atomic mass is 32.2. The summed E-state index contributed by atoms with van der Waals surface area (Å²) in [6.07, 6.45) is 1.35. The van der Waals surface area contributed by atoms with Crippen LogP contribution in [0.1, 0.15) is 0 Å². The normalized spacial score (nSPS) is 15.2. The van der Waals surface area contributed by atoms with Crippen LogP contribution in [0.4, 0.5) is 0 Å². The molecule has 1 aliphatic heterocycles. The van der Waals surface area contributed by atoms with E-state index in [-0.39, 0.29) is 5.78 Å². The van der Waals surface area contributed by atoms with Gasteiger partial charge in [0.05, 0.1) is 12.0 Å². The highest BCUT2D eigenvalue weighted by Gasteiger charge is 2.01. The Morgan fingerprint density at radius 3 is 2.50 bits per heavy atom. The van der Waals surface area contributed by atoms with Gasteiger partial charge >= 0.3 is 0 Å². The van der Waals surface area contributed by atoms with E-state index >= 15 is 0 Å². The summed E-state index contributed by atoms with van der Waals surface area (Å²) in [6.45, 7) is 2.00. The molecule has 0 spiro atoms. The number of nitrogens with zero attached hydrogens (tertiary/aromatic N) is 1. The van der Waals surface area contributed by atoms with Crippen molar-refractivity contribution >= 4 is 30.7 Å². The summed E-state index contributed by atoms with van der Waals surface area (Å²) in [5.74, 6) is 0.667. The quantitative estimate of drug-likeness (QED) is 0.438. The molecule has 0 saturated carbocycles. The third kappa shape index (κ3) is 2.52. The van der Waals surface area contributed by atoms with Gasteiger partial charge in [-0.15, -0.1) is 0 Å². The monoisotopic (exact) mass is 131 g/mol. The van der Waals surface area contributed by atoms with Gasteiger partial charge in [0.25, 0.3) is 0 Å². The maximum atomic E-state index is 10.1. The van der Waals surface area contributed by atoms with Crippen LogP contribution in [-0.4, -0.2) is 24.5 Å². The first-order valence-electron chi connectivity index (χ1n) is 1.86. The number of carbonyl (C=O) groups excluding carboxylic acids is 2. The van der Waals surface area contributed by atoms with Crippen LogP contribution in [0.15, 0.2) is 4.40 Å². The summed E-state index contributed by atoms with van der Waals surface area (Å²) >= 11 is 1.30. The summed E-state index contributed by atoms with van der Waals surface area (Å²) in [6, 6.07) is 0. The molecule has 0 radical (unpaired) electrons. The van der Waals surface area contributed by atoms with E-state index in [1.807, 2.05) is 6.79 Å². The lowest BCUT2D eigenvalue weighted by atomic mass is 10.5. The van der Waals surface area contributed by atoms with Crippen LogP contribution in [0.3, 0.4) is 0 Å². The first-order valence-corrected chi connectivity index (χ1v) is 2.81. The van der Waals surface area contributed by atoms with Gasteiger partial charge in [0.2, 0.25) is 0 Å². The fraction of sp³-hybridized carbons (Fsp3) is 0.250. The summed E-state index contributed by atoms with van der Waals surface area (Å²) in [5.41, 5.74) is 0. The van der Waals surface area contributed by atoms with Gasteiger partial charge in [-0.25, -0.2) is 4.40 Å². The van der Waals surface area contributed by atoms with Gasteiger partial charge < -0.3 is 4.79 Å². The molecule has 0 amide bonds. The van der Waals surface area contributed by atoms with Crippen molar-refractivity contribution in [1.82, 2.24) is 0 Å². The first-order chi connectivity index (χ1) is 3.89. The van der Waals surface area contributed by atoms with Crippen LogP contribution < -0.4 is 0 Å². The van der Waals surface area contributed by atoms with Gasteiger partial charge in [-0.05, 0) is 11.9 Å². The summed E-state index contributed by atoms with van der Waals surface area (Å²) < 4.78 is 3.61. The highest BCUT2D eigenvalue weighted by molar-refractivity contribution is 7.99. The molecule has 1 aliphatic rings. The second-order valence-electron chi connectivity index (χ2n) is 0.974. The Morgan fingerprint density at radius 1 is 1.75 bits per heavy atom. The van der Waals surface area contributed by atoms with Crippen LogP contribution in [0.2, 0.25) is 0 Å². The van der Waals surface area contributed by atoms with Gasteiger partial charge in [-0.3, -0.25) is 4.79 Å². The zero-order valence-corrected chi connectivity index (χ0v) is 4.98. The molecular formula is C4H5NO2S. The number of rotatable bonds is 0. The lowest BCUT2D eigenvalue weighted by molar-refractivity contribution is -0.110. The van der Waals surface area contributed by atoms with Crippen molar-refractivity contribution in [2.75, 3.05) is 5.75 Å². The molecule has 0 N–H and O–H groups in total. The molecule has 0 aromatic heterocycles. The van der Waals surface area contributed by atoms with Crippen molar-refractivity contribution in [3.63, 3.8) is 0 Å². The molecule has 0 unspecified atom stereocenters. The number of carbonyl (C=O) groups is 2. The van der Waals surface area contributed by atoms with E-state index in [0.29, 0.717) is 5.75 Å². The molecule has 8 heavy (non-hydrogen) atoms. The average molecular weight is 131 g/mol. The van der Waals surface area contributed by atoms with Gasteiger partial charge in [-0.2, -0.15) is 0 Å². The minimum atomic E-state index is 0.125. The highest BCUT2D eigenvalue weighted by Crippen LogP contribution is 2.05. The maximum Gasteiger partial charge on any atom is 0.186 e. The van der Waals surface area contributed by atoms with Crippen LogP contribution in [-0.2, 0) is 9.59 Å². The Labute approximate surface area is 51.3 Å². The second-order valence-corrected chi connectivity index (χ2v) is 1.73. The average Bonchev–Trinajstić information content (AvgIpc) is 2.24. The predicted molar refractivity (Wildman–Crippen MR) is 33.1 cm³/mol. The number of Topliss-reactive ketones (excluding diaryl/α,β-unsaturated/α-hetero) is 1. The Kier molecular flexibility index (Phi) is 4.16. The standard InChI is InChI=1S/C3H3NOS.CH2O/c5-3-1-4-6-2-3;1-2/h1H,2H2;1H2. The van der Waals surface area contributed by atoms with Crippen molar-refractivity contribution in [2.24, 2.45) is 4.40 Å². The Morgan fingerprint density at radius 2 is 2.38 bits per heavy atom. The molecule has 0 saturated heterocycles. The van der Waals surface area contributed by atoms with Crippen LogP contribution in [0.25, 0.3) is 0 Å². The second kappa shape index (κ2) is 4.52. The zero-order valence-electron chi connectivity index (χ0n) is 4.16. The largest absolute Gasteiger partial charge is 0.307 e. The molecule has 0 aromatic rings. The molecule has 3 nitrogen and oxygen atoms in total. The Balaban J connectivity index is 0.000000222. The molecule has 0 aliphatic carbocycles. The van der Waals surface area contributed by atoms with E-state index in [1.54, 1.807) is 0 Å². The minimum absolute atomic E-state index is 0.125. The Hall–Kier alpha value is -0.640. The smallest absolute Gasteiger partial charge is 0.186 e. The summed E-state index contributed by atoms with van der Waals surface area (Å²) in [5, 5.41) is 0. The third-order valence-corrected chi connectivity index (χ3v) is 1.15. The molecule has 44 valence electrons. The lowest BCUT2D eigenvalue weighted by Gasteiger charge is -1.67. The number of hydrogen-bond donors (Lipinski definition) is 0. The molecule has 0 aromatic carbocycles. The summed E-state index contributed by atoms with van der Waals surface area (Å²) in [7, 11) is 0. The van der Waals surface area contributed by atoms with Gasteiger partial charge in [0.15, 0.2) is 5.78 Å². The van der Waals surface area contributed by atoms with Crippen LogP contribution in [0, 0.1) is 0 Å². The minimum Gasteiger partial charge on any atom is -0.307 e. The predicted octanol–water partition coefficient (Wildman–Crippen LogP) is 0.103. The van der Waals surface area contributed by atoms with E-state index in [9.17, 15) is 4.79 Å². The van der Waals surface area contributed by atoms with Crippen molar-refractivity contribution in [3.8, 4) is 0 Å². The Bertz CT molecular complexity index is 113. The van der Waals surface area contributed by atoms with Gasteiger partial charge in [-0.1, -0.05) is 0 Å². The van der Waals surface area contributed by atoms with E-state index in [2.05, 4.69) is 4.40 Å². The van der Waals surface area contributed by atoms with E-state index < -0.39 is 0 Å². The fourth-order valence-electron chi connectivity index (χ4n) is 0.234. The third-order valence-electron chi connectivity index (χ3n) is 0.478. The maximum absolute atomic E-state index is 10.1. The molecular weight excluding hydrogens is 126 g/mol.